The number of sulfonamides is 1. The zero-order valence-corrected chi connectivity index (χ0v) is 13.1. The lowest BCUT2D eigenvalue weighted by Crippen LogP contribution is -2.12. The Hall–Kier alpha value is -1.21. The van der Waals surface area contributed by atoms with Crippen LogP contribution >= 0.6 is 15.9 Å². The summed E-state index contributed by atoms with van der Waals surface area (Å²) in [6.45, 7) is 1.91. The van der Waals surface area contributed by atoms with E-state index in [-0.39, 0.29) is 4.90 Å². The minimum Gasteiger partial charge on any atom is -0.253 e. The fraction of sp³-hybridized carbons (Fsp3) is 0.143. The zero-order valence-electron chi connectivity index (χ0n) is 10.7. The van der Waals surface area contributed by atoms with Gasteiger partial charge < -0.3 is 0 Å². The topological polar surface area (TPSA) is 49.7 Å². The smallest absolute Gasteiger partial charge is 0.253 e. The molecule has 0 radical (unpaired) electrons. The molecule has 2 aromatic rings. The summed E-state index contributed by atoms with van der Waals surface area (Å²) in [5.74, 6) is 0. The van der Waals surface area contributed by atoms with Gasteiger partial charge in [0.05, 0.1) is 4.90 Å². The number of hydroxylamine groups is 1. The highest BCUT2D eigenvalue weighted by Gasteiger charge is 2.48. The normalized spacial score (nSPS) is 21.7. The van der Waals surface area contributed by atoms with E-state index in [0.29, 0.717) is 0 Å². The third-order valence-electron chi connectivity index (χ3n) is 3.04. The predicted octanol–water partition coefficient (Wildman–Crippen LogP) is 3.39. The molecular weight excluding hydrogens is 342 g/mol. The molecule has 0 N–H and O–H groups in total. The fourth-order valence-corrected chi connectivity index (χ4v) is 3.58. The molecule has 104 valence electrons. The standard InChI is InChI=1S/C14H12BrNO3S/c1-10-5-7-13(8-6-10)20(17,18)16-14(19-16)11-3-2-4-12(15)9-11/h2-9,14H,1H3/t14-,16?/m1/s1. The summed E-state index contributed by atoms with van der Waals surface area (Å²) >= 11 is 3.36. The maximum Gasteiger partial charge on any atom is 0.267 e. The van der Waals surface area contributed by atoms with E-state index in [4.69, 9.17) is 4.84 Å². The Morgan fingerprint density at radius 2 is 1.85 bits per heavy atom. The lowest BCUT2D eigenvalue weighted by molar-refractivity contribution is 0.283. The van der Waals surface area contributed by atoms with E-state index in [1.807, 2.05) is 31.2 Å². The van der Waals surface area contributed by atoms with Crippen molar-refractivity contribution < 1.29 is 13.3 Å². The maximum atomic E-state index is 12.4. The monoisotopic (exact) mass is 353 g/mol. The second-order valence-corrected chi connectivity index (χ2v) is 7.28. The fourth-order valence-electron chi connectivity index (χ4n) is 1.91. The molecule has 3 rings (SSSR count). The Morgan fingerprint density at radius 3 is 2.50 bits per heavy atom. The van der Waals surface area contributed by atoms with Gasteiger partial charge in [0.1, 0.15) is 0 Å². The second-order valence-electron chi connectivity index (χ2n) is 4.59. The van der Waals surface area contributed by atoms with Crippen LogP contribution < -0.4 is 0 Å². The number of hydrogen-bond acceptors (Lipinski definition) is 3. The van der Waals surface area contributed by atoms with Crippen LogP contribution in [0.2, 0.25) is 0 Å². The minimum absolute atomic E-state index is 0.237. The van der Waals surface area contributed by atoms with Crippen molar-refractivity contribution in [2.45, 2.75) is 18.0 Å². The zero-order chi connectivity index (χ0) is 14.3. The summed E-state index contributed by atoms with van der Waals surface area (Å²) in [6.07, 6.45) is -0.543. The number of hydrogen-bond donors (Lipinski definition) is 0. The Labute approximate surface area is 126 Å². The molecule has 1 fully saturated rings. The Morgan fingerprint density at radius 1 is 1.15 bits per heavy atom. The molecule has 0 aromatic heterocycles. The second kappa shape index (κ2) is 4.96. The van der Waals surface area contributed by atoms with Crippen LogP contribution in [0.25, 0.3) is 0 Å². The summed E-state index contributed by atoms with van der Waals surface area (Å²) in [5.41, 5.74) is 1.81. The third kappa shape index (κ3) is 2.52. The van der Waals surface area contributed by atoms with Gasteiger partial charge in [0, 0.05) is 10.0 Å². The third-order valence-corrected chi connectivity index (χ3v) is 5.15. The SMILES string of the molecule is Cc1ccc(S(=O)(=O)N2O[C@@H]2c2cccc(Br)c2)cc1. The molecule has 1 aliphatic rings. The van der Waals surface area contributed by atoms with Crippen molar-refractivity contribution in [3.63, 3.8) is 0 Å². The first kappa shape index (κ1) is 13.8. The number of benzene rings is 2. The van der Waals surface area contributed by atoms with E-state index < -0.39 is 16.3 Å². The average molecular weight is 354 g/mol. The molecule has 2 atom stereocenters. The molecule has 0 bridgehead atoms. The number of aryl methyl sites for hydroxylation is 1. The van der Waals surface area contributed by atoms with Crippen LogP contribution in [0.1, 0.15) is 17.4 Å². The Balaban J connectivity index is 1.86. The van der Waals surface area contributed by atoms with Crippen molar-refractivity contribution in [1.29, 1.82) is 0 Å². The quantitative estimate of drug-likeness (QED) is 0.794. The van der Waals surface area contributed by atoms with Gasteiger partial charge in [-0.2, -0.15) is 0 Å². The summed E-state index contributed by atoms with van der Waals surface area (Å²) in [4.78, 5) is 5.47. The average Bonchev–Trinajstić information content (AvgIpc) is 3.20. The lowest BCUT2D eigenvalue weighted by Gasteiger charge is -2.03. The summed E-state index contributed by atoms with van der Waals surface area (Å²) in [5, 5.41) is 0. The van der Waals surface area contributed by atoms with Crippen LogP contribution in [-0.2, 0) is 14.9 Å². The summed E-state index contributed by atoms with van der Waals surface area (Å²) in [6, 6.07) is 14.1. The minimum atomic E-state index is -3.60. The Kier molecular flexibility index (Phi) is 3.41. The maximum absolute atomic E-state index is 12.4. The highest BCUT2D eigenvalue weighted by molar-refractivity contribution is 9.10. The van der Waals surface area contributed by atoms with E-state index in [2.05, 4.69) is 15.9 Å². The van der Waals surface area contributed by atoms with E-state index in [1.165, 1.54) is 0 Å². The molecule has 1 saturated heterocycles. The highest BCUT2D eigenvalue weighted by Crippen LogP contribution is 2.42. The van der Waals surface area contributed by atoms with Crippen molar-refractivity contribution in [3.05, 3.63) is 64.1 Å². The largest absolute Gasteiger partial charge is 0.267 e. The predicted molar refractivity (Wildman–Crippen MR) is 78.2 cm³/mol. The van der Waals surface area contributed by atoms with Crippen molar-refractivity contribution in [2.24, 2.45) is 0 Å². The molecule has 0 amide bonds. The Bertz CT molecular complexity index is 743. The van der Waals surface area contributed by atoms with Crippen molar-refractivity contribution >= 4 is 26.0 Å². The molecule has 20 heavy (non-hydrogen) atoms. The molecule has 0 aliphatic carbocycles. The van der Waals surface area contributed by atoms with Gasteiger partial charge in [-0.05, 0) is 35.7 Å². The van der Waals surface area contributed by atoms with E-state index in [0.717, 1.165) is 20.1 Å². The van der Waals surface area contributed by atoms with E-state index in [9.17, 15) is 8.42 Å². The van der Waals surface area contributed by atoms with Crippen LogP contribution in [0.3, 0.4) is 0 Å². The van der Waals surface area contributed by atoms with Gasteiger partial charge in [-0.3, -0.25) is 4.84 Å². The summed E-state index contributed by atoms with van der Waals surface area (Å²) in [7, 11) is -3.60. The van der Waals surface area contributed by atoms with Gasteiger partial charge in [0.25, 0.3) is 10.0 Å². The first-order valence-corrected chi connectivity index (χ1v) is 8.25. The van der Waals surface area contributed by atoms with Gasteiger partial charge in [-0.15, -0.1) is 0 Å². The number of nitrogens with zero attached hydrogens (tertiary/aromatic N) is 1. The van der Waals surface area contributed by atoms with Crippen molar-refractivity contribution in [2.75, 3.05) is 0 Å². The first-order valence-electron chi connectivity index (χ1n) is 6.02. The molecule has 2 aromatic carbocycles. The molecule has 0 spiro atoms. The molecule has 6 heteroatoms. The van der Waals surface area contributed by atoms with Crippen LogP contribution in [0.5, 0.6) is 0 Å². The molecule has 1 heterocycles. The molecule has 0 saturated carbocycles. The van der Waals surface area contributed by atoms with Gasteiger partial charge in [-0.25, -0.2) is 8.42 Å². The van der Waals surface area contributed by atoms with E-state index in [1.54, 1.807) is 24.3 Å². The molecule has 4 nitrogen and oxygen atoms in total. The first-order chi connectivity index (χ1) is 9.48. The molecule has 1 unspecified atom stereocenters. The van der Waals surface area contributed by atoms with Crippen molar-refractivity contribution in [3.8, 4) is 0 Å². The van der Waals surface area contributed by atoms with Crippen LogP contribution in [0.15, 0.2) is 57.9 Å². The van der Waals surface area contributed by atoms with Gasteiger partial charge in [-0.1, -0.05) is 45.8 Å². The molecular formula is C14H12BrNO3S. The van der Waals surface area contributed by atoms with Gasteiger partial charge >= 0.3 is 0 Å². The van der Waals surface area contributed by atoms with Crippen LogP contribution in [-0.4, -0.2) is 12.9 Å². The van der Waals surface area contributed by atoms with Crippen LogP contribution in [0.4, 0.5) is 0 Å². The lowest BCUT2D eigenvalue weighted by atomic mass is 10.2. The molecule has 1 aliphatic heterocycles. The van der Waals surface area contributed by atoms with Crippen LogP contribution in [0, 0.1) is 6.92 Å². The van der Waals surface area contributed by atoms with E-state index >= 15 is 0 Å². The summed E-state index contributed by atoms with van der Waals surface area (Å²) < 4.78 is 26.6. The van der Waals surface area contributed by atoms with Gasteiger partial charge in [0.2, 0.25) is 0 Å². The van der Waals surface area contributed by atoms with Gasteiger partial charge in [0.15, 0.2) is 6.23 Å². The highest BCUT2D eigenvalue weighted by atomic mass is 79.9. The number of halogens is 1. The van der Waals surface area contributed by atoms with Crippen molar-refractivity contribution in [1.82, 2.24) is 4.47 Å². The number of rotatable bonds is 3.